The van der Waals surface area contributed by atoms with Crippen LogP contribution in [0.25, 0.3) is 0 Å². The Bertz CT molecular complexity index is 637. The number of ether oxygens (including phenoxy) is 2. The van der Waals surface area contributed by atoms with Crippen molar-refractivity contribution < 1.29 is 18.7 Å². The number of carbonyl (C=O) groups is 1. The molecule has 1 atom stereocenters. The molecule has 0 aliphatic heterocycles. The summed E-state index contributed by atoms with van der Waals surface area (Å²) < 4.78 is 24.2. The number of nitrogens with two attached hydrogens (primary N) is 1. The molecule has 0 radical (unpaired) electrons. The monoisotopic (exact) mass is 339 g/mol. The van der Waals surface area contributed by atoms with Crippen LogP contribution in [0, 0.1) is 5.82 Å². The van der Waals surface area contributed by atoms with E-state index in [4.69, 9.17) is 15.2 Å². The van der Waals surface area contributed by atoms with E-state index in [1.54, 1.807) is 31.2 Å². The molecule has 23 heavy (non-hydrogen) atoms. The van der Waals surface area contributed by atoms with Gasteiger partial charge in [-0.1, -0.05) is 24.3 Å². The van der Waals surface area contributed by atoms with Gasteiger partial charge in [0, 0.05) is 6.04 Å². The SMILES string of the molecule is CCOC(=O)CC(N)c1ccc(F)c(Oc2ccccc2)c1.Cl. The molecular formula is C17H19ClFNO3. The van der Waals surface area contributed by atoms with Crippen LogP contribution < -0.4 is 10.5 Å². The van der Waals surface area contributed by atoms with Crippen LogP contribution in [0.1, 0.15) is 24.9 Å². The third kappa shape index (κ3) is 5.54. The van der Waals surface area contributed by atoms with Gasteiger partial charge in [0.05, 0.1) is 13.0 Å². The summed E-state index contributed by atoms with van der Waals surface area (Å²) in [6, 6.07) is 12.6. The first-order chi connectivity index (χ1) is 10.6. The number of benzene rings is 2. The minimum Gasteiger partial charge on any atom is -0.466 e. The number of hydrogen-bond donors (Lipinski definition) is 1. The second kappa shape index (κ2) is 9.12. The number of hydrogen-bond acceptors (Lipinski definition) is 4. The van der Waals surface area contributed by atoms with Crippen molar-refractivity contribution in [3.63, 3.8) is 0 Å². The van der Waals surface area contributed by atoms with E-state index >= 15 is 0 Å². The number of halogens is 2. The van der Waals surface area contributed by atoms with Crippen molar-refractivity contribution in [3.8, 4) is 11.5 Å². The average Bonchev–Trinajstić information content (AvgIpc) is 2.50. The first-order valence-corrected chi connectivity index (χ1v) is 7.03. The summed E-state index contributed by atoms with van der Waals surface area (Å²) >= 11 is 0. The Kier molecular flexibility index (Phi) is 7.51. The highest BCUT2D eigenvalue weighted by atomic mass is 35.5. The number of para-hydroxylation sites is 1. The second-order valence-corrected chi connectivity index (χ2v) is 4.72. The lowest BCUT2D eigenvalue weighted by Gasteiger charge is -2.13. The predicted octanol–water partition coefficient (Wildman–Crippen LogP) is 3.99. The van der Waals surface area contributed by atoms with Crippen molar-refractivity contribution >= 4 is 18.4 Å². The van der Waals surface area contributed by atoms with E-state index in [-0.39, 0.29) is 30.5 Å². The van der Waals surface area contributed by atoms with Gasteiger partial charge in [-0.25, -0.2) is 4.39 Å². The van der Waals surface area contributed by atoms with Crippen LogP contribution >= 0.6 is 12.4 Å². The van der Waals surface area contributed by atoms with Gasteiger partial charge in [0.1, 0.15) is 5.75 Å². The minimum absolute atomic E-state index is 0. The molecule has 124 valence electrons. The molecule has 0 saturated heterocycles. The lowest BCUT2D eigenvalue weighted by Crippen LogP contribution is -2.17. The maximum absolute atomic E-state index is 13.8. The van der Waals surface area contributed by atoms with Crippen LogP contribution in [0.2, 0.25) is 0 Å². The Hall–Kier alpha value is -2.11. The first kappa shape index (κ1) is 18.9. The molecule has 0 aliphatic carbocycles. The number of carbonyl (C=O) groups excluding carboxylic acids is 1. The van der Waals surface area contributed by atoms with Crippen LogP contribution in [0.15, 0.2) is 48.5 Å². The molecule has 2 aromatic rings. The largest absolute Gasteiger partial charge is 0.466 e. The Morgan fingerprint density at radius 1 is 1.22 bits per heavy atom. The highest BCUT2D eigenvalue weighted by molar-refractivity contribution is 5.85. The van der Waals surface area contributed by atoms with Crippen LogP contribution in [0.4, 0.5) is 4.39 Å². The number of esters is 1. The van der Waals surface area contributed by atoms with Crippen molar-refractivity contribution in [2.45, 2.75) is 19.4 Å². The Labute approximate surface area is 140 Å². The van der Waals surface area contributed by atoms with Gasteiger partial charge in [-0.15, -0.1) is 12.4 Å². The molecular weight excluding hydrogens is 321 g/mol. The molecule has 2 N–H and O–H groups in total. The summed E-state index contributed by atoms with van der Waals surface area (Å²) in [6.45, 7) is 2.03. The molecule has 0 heterocycles. The molecule has 2 rings (SSSR count). The van der Waals surface area contributed by atoms with E-state index in [0.717, 1.165) is 0 Å². The Balaban J connectivity index is 0.00000264. The number of rotatable bonds is 6. The topological polar surface area (TPSA) is 61.5 Å². The van der Waals surface area contributed by atoms with Gasteiger partial charge in [-0.2, -0.15) is 0 Å². The first-order valence-electron chi connectivity index (χ1n) is 7.03. The highest BCUT2D eigenvalue weighted by Gasteiger charge is 2.15. The zero-order valence-corrected chi connectivity index (χ0v) is 13.5. The third-order valence-corrected chi connectivity index (χ3v) is 3.05. The maximum Gasteiger partial charge on any atom is 0.307 e. The highest BCUT2D eigenvalue weighted by Crippen LogP contribution is 2.28. The van der Waals surface area contributed by atoms with Gasteiger partial charge in [0.25, 0.3) is 0 Å². The molecule has 0 amide bonds. The molecule has 0 aromatic heterocycles. The molecule has 0 bridgehead atoms. The molecule has 2 aromatic carbocycles. The van der Waals surface area contributed by atoms with E-state index < -0.39 is 11.9 Å². The molecule has 0 saturated carbocycles. The minimum atomic E-state index is -0.572. The maximum atomic E-state index is 13.8. The van der Waals surface area contributed by atoms with Crippen molar-refractivity contribution in [1.82, 2.24) is 0 Å². The van der Waals surface area contributed by atoms with Gasteiger partial charge in [-0.3, -0.25) is 4.79 Å². The van der Waals surface area contributed by atoms with E-state index in [1.165, 1.54) is 18.2 Å². The van der Waals surface area contributed by atoms with Crippen LogP contribution in [0.3, 0.4) is 0 Å². The summed E-state index contributed by atoms with van der Waals surface area (Å²) in [5.41, 5.74) is 6.57. The van der Waals surface area contributed by atoms with Crippen LogP contribution in [-0.2, 0) is 9.53 Å². The molecule has 0 fully saturated rings. The molecule has 0 spiro atoms. The fraction of sp³-hybridized carbons (Fsp3) is 0.235. The lowest BCUT2D eigenvalue weighted by molar-refractivity contribution is -0.143. The summed E-state index contributed by atoms with van der Waals surface area (Å²) in [5.74, 6) is -0.277. The fourth-order valence-electron chi connectivity index (χ4n) is 1.96. The summed E-state index contributed by atoms with van der Waals surface area (Å²) in [7, 11) is 0. The molecule has 0 aliphatic rings. The van der Waals surface area contributed by atoms with E-state index in [1.807, 2.05) is 6.07 Å². The van der Waals surface area contributed by atoms with Gasteiger partial charge >= 0.3 is 5.97 Å². The Morgan fingerprint density at radius 2 is 1.91 bits per heavy atom. The third-order valence-electron chi connectivity index (χ3n) is 3.05. The quantitative estimate of drug-likeness (QED) is 0.808. The zero-order valence-electron chi connectivity index (χ0n) is 12.7. The van der Waals surface area contributed by atoms with Gasteiger partial charge in [0.15, 0.2) is 11.6 Å². The van der Waals surface area contributed by atoms with Crippen LogP contribution in [0.5, 0.6) is 11.5 Å². The van der Waals surface area contributed by atoms with Crippen molar-refractivity contribution in [3.05, 3.63) is 59.9 Å². The van der Waals surface area contributed by atoms with Crippen molar-refractivity contribution in [2.75, 3.05) is 6.61 Å². The average molecular weight is 340 g/mol. The van der Waals surface area contributed by atoms with E-state index in [2.05, 4.69) is 0 Å². The summed E-state index contributed by atoms with van der Waals surface area (Å²) in [6.07, 6.45) is 0.0320. The molecule has 4 nitrogen and oxygen atoms in total. The zero-order chi connectivity index (χ0) is 15.9. The molecule has 1 unspecified atom stereocenters. The Morgan fingerprint density at radius 3 is 2.57 bits per heavy atom. The summed E-state index contributed by atoms with van der Waals surface area (Å²) in [5, 5.41) is 0. The standard InChI is InChI=1S/C17H18FNO3.ClH/c1-2-21-17(20)11-15(19)12-8-9-14(18)16(10-12)22-13-6-4-3-5-7-13;/h3-10,15H,2,11,19H2,1H3;1H. The predicted molar refractivity (Wildman–Crippen MR) is 88.3 cm³/mol. The van der Waals surface area contributed by atoms with Crippen molar-refractivity contribution in [1.29, 1.82) is 0 Å². The van der Waals surface area contributed by atoms with Crippen LogP contribution in [-0.4, -0.2) is 12.6 Å². The summed E-state index contributed by atoms with van der Waals surface area (Å²) in [4.78, 5) is 11.5. The lowest BCUT2D eigenvalue weighted by atomic mass is 10.0. The fourth-order valence-corrected chi connectivity index (χ4v) is 1.96. The second-order valence-electron chi connectivity index (χ2n) is 4.72. The van der Waals surface area contributed by atoms with Crippen molar-refractivity contribution in [2.24, 2.45) is 5.73 Å². The van der Waals surface area contributed by atoms with E-state index in [9.17, 15) is 9.18 Å². The van der Waals surface area contributed by atoms with E-state index in [0.29, 0.717) is 17.9 Å². The molecule has 6 heteroatoms. The van der Waals surface area contributed by atoms with Gasteiger partial charge in [-0.05, 0) is 36.8 Å². The smallest absolute Gasteiger partial charge is 0.307 e. The normalized spacial score (nSPS) is 11.3. The van der Waals surface area contributed by atoms with Gasteiger partial charge < -0.3 is 15.2 Å². The van der Waals surface area contributed by atoms with Gasteiger partial charge in [0.2, 0.25) is 0 Å².